The summed E-state index contributed by atoms with van der Waals surface area (Å²) in [5.74, 6) is -2.58. The number of fused-ring (bicyclic) bond motifs is 2. The third-order valence-corrected chi connectivity index (χ3v) is 7.80. The molecule has 5 rings (SSSR count). The maximum Gasteiger partial charge on any atom is 0.388 e. The van der Waals surface area contributed by atoms with Crippen molar-refractivity contribution >= 4 is 38.2 Å². The summed E-state index contributed by atoms with van der Waals surface area (Å²) < 4.78 is 87.9. The Morgan fingerprint density at radius 2 is 2.08 bits per heavy atom. The lowest BCUT2D eigenvalue weighted by atomic mass is 10.1. The minimum absolute atomic E-state index is 0.0620. The van der Waals surface area contributed by atoms with Crippen LogP contribution in [0.25, 0.3) is 16.7 Å². The van der Waals surface area contributed by atoms with E-state index in [4.69, 9.17) is 16.3 Å². The minimum atomic E-state index is -4.41. The second kappa shape index (κ2) is 10.4. The highest BCUT2D eigenvalue weighted by molar-refractivity contribution is 7.92. The van der Waals surface area contributed by atoms with E-state index < -0.39 is 51.1 Å². The van der Waals surface area contributed by atoms with Gasteiger partial charge >= 0.3 is 6.61 Å². The molecule has 10 nitrogen and oxygen atoms in total. The van der Waals surface area contributed by atoms with Gasteiger partial charge in [-0.25, -0.2) is 22.5 Å². The second-order valence-corrected chi connectivity index (χ2v) is 10.7. The first-order chi connectivity index (χ1) is 18.5. The largest absolute Gasteiger partial charge is 0.413 e. The van der Waals surface area contributed by atoms with Crippen molar-refractivity contribution < 1.29 is 40.2 Å². The Bertz CT molecular complexity index is 1700. The monoisotopic (exact) mass is 585 g/mol. The smallest absolute Gasteiger partial charge is 0.388 e. The SMILES string of the molecule is O=C(NCc1cc2nc(-n3cc(F)c(OC(F)F)n3)ccc2cn1)c1cc(Cl)c2c(c1)S(=O)(=O)[C@@H](F)COC2. The normalized spacial score (nSPS) is 16.6. The fourth-order valence-corrected chi connectivity index (χ4v) is 5.46. The van der Waals surface area contributed by atoms with Crippen LogP contribution in [-0.4, -0.2) is 52.8 Å². The number of rotatable bonds is 6. The van der Waals surface area contributed by atoms with E-state index in [1.54, 1.807) is 6.07 Å². The standard InChI is InChI=1S/C23H16ClF4N5O5S/c24-15-3-12(4-18-14(15)9-37-10-19(26)39(18,35)36)21(34)30-7-13-5-17-11(6-29-13)1-2-20(31-17)33-8-16(25)22(32-33)38-23(27)28/h1-6,8,19,23H,7,9-10H2,(H,30,34)/t19-/m1/s1. The number of nitrogens with zero attached hydrogens (tertiary/aromatic N) is 4. The van der Waals surface area contributed by atoms with Crippen molar-refractivity contribution in [3.05, 3.63) is 70.4 Å². The third kappa shape index (κ3) is 5.37. The predicted molar refractivity (Wildman–Crippen MR) is 128 cm³/mol. The summed E-state index contributed by atoms with van der Waals surface area (Å²) in [4.78, 5) is 20.9. The second-order valence-electron chi connectivity index (χ2n) is 8.23. The van der Waals surface area contributed by atoms with Crippen molar-refractivity contribution in [2.75, 3.05) is 6.61 Å². The van der Waals surface area contributed by atoms with Crippen molar-refractivity contribution in [1.82, 2.24) is 25.1 Å². The van der Waals surface area contributed by atoms with Crippen LogP contribution in [0.5, 0.6) is 5.88 Å². The van der Waals surface area contributed by atoms with Gasteiger partial charge < -0.3 is 14.8 Å². The number of amides is 1. The highest BCUT2D eigenvalue weighted by Crippen LogP contribution is 2.32. The summed E-state index contributed by atoms with van der Waals surface area (Å²) in [5.41, 5.74) is -1.63. The van der Waals surface area contributed by atoms with Gasteiger partial charge in [-0.05, 0) is 30.3 Å². The van der Waals surface area contributed by atoms with Crippen LogP contribution >= 0.6 is 11.6 Å². The molecule has 4 heterocycles. The molecule has 0 aliphatic carbocycles. The number of benzene rings is 1. The maximum absolute atomic E-state index is 14.1. The summed E-state index contributed by atoms with van der Waals surface area (Å²) >= 11 is 6.18. The molecule has 1 N–H and O–H groups in total. The van der Waals surface area contributed by atoms with E-state index in [-0.39, 0.29) is 35.1 Å². The first-order valence-electron chi connectivity index (χ1n) is 11.1. The summed E-state index contributed by atoms with van der Waals surface area (Å²) in [5, 5.41) is 6.72. The summed E-state index contributed by atoms with van der Waals surface area (Å²) in [7, 11) is -4.41. The van der Waals surface area contributed by atoms with Crippen molar-refractivity contribution in [3.8, 4) is 11.7 Å². The molecular formula is C23H16ClF4N5O5S. The van der Waals surface area contributed by atoms with Crippen molar-refractivity contribution in [1.29, 1.82) is 0 Å². The van der Waals surface area contributed by atoms with Gasteiger partial charge in [0.2, 0.25) is 21.2 Å². The number of carbonyl (C=O) groups is 1. The van der Waals surface area contributed by atoms with E-state index in [2.05, 4.69) is 25.1 Å². The van der Waals surface area contributed by atoms with Gasteiger partial charge in [-0.1, -0.05) is 11.6 Å². The van der Waals surface area contributed by atoms with Crippen LogP contribution in [0.1, 0.15) is 21.6 Å². The first kappa shape index (κ1) is 26.8. The van der Waals surface area contributed by atoms with Gasteiger partial charge in [0.05, 0.1) is 42.1 Å². The number of nitrogens with one attached hydrogen (secondary N) is 1. The molecule has 3 aromatic heterocycles. The third-order valence-electron chi connectivity index (χ3n) is 5.67. The van der Waals surface area contributed by atoms with Gasteiger partial charge in [0, 0.05) is 27.7 Å². The molecule has 0 radical (unpaired) electrons. The topological polar surface area (TPSA) is 125 Å². The molecule has 1 aromatic carbocycles. The van der Waals surface area contributed by atoms with Crippen LogP contribution in [0, 0.1) is 5.82 Å². The van der Waals surface area contributed by atoms with Gasteiger partial charge in [-0.2, -0.15) is 13.2 Å². The molecule has 0 bridgehead atoms. The van der Waals surface area contributed by atoms with E-state index in [0.29, 0.717) is 16.6 Å². The number of pyridine rings is 2. The van der Waals surface area contributed by atoms with E-state index in [1.807, 2.05) is 0 Å². The summed E-state index contributed by atoms with van der Waals surface area (Å²) in [6.07, 6.45) is 2.30. The Hall–Kier alpha value is -3.82. The molecule has 1 atom stereocenters. The van der Waals surface area contributed by atoms with E-state index in [1.165, 1.54) is 24.4 Å². The van der Waals surface area contributed by atoms with Crippen molar-refractivity contribution in [2.24, 2.45) is 0 Å². The Balaban J connectivity index is 1.36. The van der Waals surface area contributed by atoms with E-state index >= 15 is 0 Å². The van der Waals surface area contributed by atoms with Crippen LogP contribution in [-0.2, 0) is 27.7 Å². The van der Waals surface area contributed by atoms with Gasteiger partial charge in [-0.3, -0.25) is 9.78 Å². The van der Waals surface area contributed by atoms with Gasteiger partial charge in [0.25, 0.3) is 11.8 Å². The number of sulfone groups is 1. The Labute approximate surface area is 222 Å². The summed E-state index contributed by atoms with van der Waals surface area (Å²) in [6.45, 7) is -4.24. The fourth-order valence-electron chi connectivity index (χ4n) is 3.78. The molecule has 16 heteroatoms. The molecule has 204 valence electrons. The highest BCUT2D eigenvalue weighted by Gasteiger charge is 2.34. The van der Waals surface area contributed by atoms with Crippen LogP contribution in [0.15, 0.2) is 47.6 Å². The number of halogens is 5. The van der Waals surface area contributed by atoms with Gasteiger partial charge in [0.1, 0.15) is 0 Å². The molecule has 1 amide bonds. The lowest BCUT2D eigenvalue weighted by Crippen LogP contribution is -2.24. The number of aromatic nitrogens is 4. The van der Waals surface area contributed by atoms with Crippen LogP contribution < -0.4 is 10.1 Å². The molecule has 1 aliphatic rings. The average molecular weight is 586 g/mol. The number of alkyl halides is 3. The number of hydrogen-bond acceptors (Lipinski definition) is 8. The molecule has 39 heavy (non-hydrogen) atoms. The highest BCUT2D eigenvalue weighted by atomic mass is 35.5. The fraction of sp³-hybridized carbons (Fsp3) is 0.217. The number of hydrogen-bond donors (Lipinski definition) is 1. The van der Waals surface area contributed by atoms with Crippen LogP contribution in [0.4, 0.5) is 17.6 Å². The lowest BCUT2D eigenvalue weighted by molar-refractivity contribution is -0.0553. The molecule has 4 aromatic rings. The van der Waals surface area contributed by atoms with Crippen molar-refractivity contribution in [2.45, 2.75) is 30.2 Å². The quantitative estimate of drug-likeness (QED) is 0.339. The molecule has 0 saturated heterocycles. The zero-order valence-electron chi connectivity index (χ0n) is 19.4. The summed E-state index contributed by atoms with van der Waals surface area (Å²) in [6, 6.07) is 6.89. The Morgan fingerprint density at radius 3 is 2.85 bits per heavy atom. The number of ether oxygens (including phenoxy) is 2. The van der Waals surface area contributed by atoms with Crippen LogP contribution in [0.3, 0.4) is 0 Å². The number of carbonyl (C=O) groups excluding carboxylic acids is 1. The van der Waals surface area contributed by atoms with E-state index in [9.17, 15) is 30.8 Å². The molecule has 0 fully saturated rings. The molecular weight excluding hydrogens is 570 g/mol. The van der Waals surface area contributed by atoms with Crippen molar-refractivity contribution in [3.63, 3.8) is 0 Å². The van der Waals surface area contributed by atoms with Gasteiger partial charge in [-0.15, -0.1) is 5.10 Å². The zero-order chi connectivity index (χ0) is 27.9. The average Bonchev–Trinajstić information content (AvgIpc) is 3.20. The maximum atomic E-state index is 14.1. The lowest BCUT2D eigenvalue weighted by Gasteiger charge is -2.12. The molecule has 0 unspecified atom stereocenters. The Kier molecular flexibility index (Phi) is 7.13. The molecule has 1 aliphatic heterocycles. The Morgan fingerprint density at radius 1 is 1.28 bits per heavy atom. The van der Waals surface area contributed by atoms with E-state index in [0.717, 1.165) is 16.9 Å². The predicted octanol–water partition coefficient (Wildman–Crippen LogP) is 3.74. The van der Waals surface area contributed by atoms with Crippen LogP contribution in [0.2, 0.25) is 5.02 Å². The minimum Gasteiger partial charge on any atom is -0.413 e. The molecule has 0 spiro atoms. The molecule has 0 saturated carbocycles. The van der Waals surface area contributed by atoms with Gasteiger partial charge in [0.15, 0.2) is 5.82 Å². The zero-order valence-corrected chi connectivity index (χ0v) is 21.0. The first-order valence-corrected chi connectivity index (χ1v) is 13.0.